The van der Waals surface area contributed by atoms with E-state index in [1.54, 1.807) is 38.1 Å². The summed E-state index contributed by atoms with van der Waals surface area (Å²) in [5, 5.41) is 11.7. The Labute approximate surface area is 142 Å². The summed E-state index contributed by atoms with van der Waals surface area (Å²) in [5.41, 5.74) is -0.607. The van der Waals surface area contributed by atoms with Gasteiger partial charge in [0.25, 0.3) is 5.91 Å². The molecule has 0 unspecified atom stereocenters. The average molecular weight is 378 g/mol. The van der Waals surface area contributed by atoms with Gasteiger partial charge in [0.15, 0.2) is 5.60 Å². The minimum absolute atomic E-state index is 0.106. The summed E-state index contributed by atoms with van der Waals surface area (Å²) >= 11 is 3.33. The molecular weight excluding hydrogens is 362 g/mol. The van der Waals surface area contributed by atoms with E-state index in [9.17, 15) is 9.59 Å². The van der Waals surface area contributed by atoms with Gasteiger partial charge in [-0.2, -0.15) is 0 Å². The Bertz CT molecular complexity index is 726. The van der Waals surface area contributed by atoms with E-state index in [0.29, 0.717) is 11.4 Å². The molecule has 0 aliphatic rings. The van der Waals surface area contributed by atoms with Gasteiger partial charge in [-0.3, -0.25) is 4.79 Å². The van der Waals surface area contributed by atoms with Gasteiger partial charge in [-0.1, -0.05) is 22.0 Å². The summed E-state index contributed by atoms with van der Waals surface area (Å²) in [7, 11) is 0. The van der Waals surface area contributed by atoms with Gasteiger partial charge in [0.05, 0.1) is 5.56 Å². The predicted octanol–water partition coefficient (Wildman–Crippen LogP) is 3.94. The van der Waals surface area contributed by atoms with Crippen LogP contribution in [0.15, 0.2) is 53.0 Å². The second-order valence-electron chi connectivity index (χ2n) is 5.41. The predicted molar refractivity (Wildman–Crippen MR) is 90.9 cm³/mol. The fraction of sp³-hybridized carbons (Fsp3) is 0.176. The van der Waals surface area contributed by atoms with E-state index in [2.05, 4.69) is 21.2 Å². The van der Waals surface area contributed by atoms with Gasteiger partial charge in [-0.25, -0.2) is 4.79 Å². The van der Waals surface area contributed by atoms with E-state index in [1.807, 2.05) is 12.1 Å². The molecule has 1 amide bonds. The van der Waals surface area contributed by atoms with Crippen LogP contribution in [-0.2, 0) is 4.79 Å². The Morgan fingerprint density at radius 2 is 1.78 bits per heavy atom. The zero-order chi connectivity index (χ0) is 17.0. The van der Waals surface area contributed by atoms with Gasteiger partial charge in [-0.15, -0.1) is 0 Å². The third-order valence-corrected chi connectivity index (χ3v) is 3.63. The van der Waals surface area contributed by atoms with E-state index in [0.717, 1.165) is 4.47 Å². The van der Waals surface area contributed by atoms with Crippen molar-refractivity contribution in [2.24, 2.45) is 0 Å². The van der Waals surface area contributed by atoms with Gasteiger partial charge >= 0.3 is 5.97 Å². The number of aromatic carboxylic acids is 1. The molecule has 2 N–H and O–H groups in total. The molecule has 2 rings (SSSR count). The number of rotatable bonds is 5. The molecule has 0 spiro atoms. The van der Waals surface area contributed by atoms with Crippen LogP contribution >= 0.6 is 15.9 Å². The molecular formula is C17H16BrNO4. The Morgan fingerprint density at radius 3 is 2.39 bits per heavy atom. The summed E-state index contributed by atoms with van der Waals surface area (Å²) in [6.45, 7) is 3.29. The third-order valence-electron chi connectivity index (χ3n) is 3.10. The first-order valence-corrected chi connectivity index (χ1v) is 7.66. The maximum Gasteiger partial charge on any atom is 0.335 e. The van der Waals surface area contributed by atoms with E-state index >= 15 is 0 Å². The number of anilines is 1. The molecule has 0 aromatic heterocycles. The number of benzene rings is 2. The van der Waals surface area contributed by atoms with Crippen LogP contribution in [0.2, 0.25) is 0 Å². The second kappa shape index (κ2) is 6.83. The molecule has 0 atom stereocenters. The maximum absolute atomic E-state index is 12.4. The van der Waals surface area contributed by atoms with Crippen molar-refractivity contribution in [3.05, 3.63) is 58.6 Å². The first-order chi connectivity index (χ1) is 10.8. The number of amides is 1. The quantitative estimate of drug-likeness (QED) is 0.826. The van der Waals surface area contributed by atoms with E-state index in [-0.39, 0.29) is 11.5 Å². The number of ether oxygens (including phenoxy) is 1. The minimum Gasteiger partial charge on any atom is -0.478 e. The van der Waals surface area contributed by atoms with Gasteiger partial charge in [0.1, 0.15) is 5.75 Å². The fourth-order valence-corrected chi connectivity index (χ4v) is 2.12. The molecule has 5 nitrogen and oxygen atoms in total. The van der Waals surface area contributed by atoms with Crippen LogP contribution in [0.3, 0.4) is 0 Å². The number of nitrogens with one attached hydrogen (secondary N) is 1. The van der Waals surface area contributed by atoms with Crippen molar-refractivity contribution in [3.8, 4) is 5.75 Å². The number of halogens is 1. The lowest BCUT2D eigenvalue weighted by atomic mass is 10.1. The molecule has 120 valence electrons. The number of carbonyl (C=O) groups is 2. The largest absolute Gasteiger partial charge is 0.478 e. The number of hydrogen-bond acceptors (Lipinski definition) is 3. The number of hydrogen-bond donors (Lipinski definition) is 2. The van der Waals surface area contributed by atoms with Crippen LogP contribution in [0.5, 0.6) is 5.75 Å². The van der Waals surface area contributed by atoms with Crippen molar-refractivity contribution in [2.75, 3.05) is 5.32 Å². The summed E-state index contributed by atoms with van der Waals surface area (Å²) in [4.78, 5) is 23.4. The average Bonchev–Trinajstić information content (AvgIpc) is 2.49. The van der Waals surface area contributed by atoms with Crippen LogP contribution < -0.4 is 10.1 Å². The van der Waals surface area contributed by atoms with Crippen LogP contribution in [0, 0.1) is 0 Å². The molecule has 0 bridgehead atoms. The Hall–Kier alpha value is -2.34. The Morgan fingerprint density at radius 1 is 1.13 bits per heavy atom. The van der Waals surface area contributed by atoms with Crippen LogP contribution in [0.4, 0.5) is 5.69 Å². The highest BCUT2D eigenvalue weighted by molar-refractivity contribution is 9.10. The minimum atomic E-state index is -1.12. The third kappa shape index (κ3) is 4.56. The molecule has 0 saturated carbocycles. The maximum atomic E-state index is 12.4. The molecule has 2 aromatic rings. The molecule has 0 saturated heterocycles. The van der Waals surface area contributed by atoms with Crippen LogP contribution in [0.25, 0.3) is 0 Å². The number of carboxylic acids is 1. The van der Waals surface area contributed by atoms with Gasteiger partial charge in [0.2, 0.25) is 0 Å². The van der Waals surface area contributed by atoms with Crippen molar-refractivity contribution in [1.29, 1.82) is 0 Å². The van der Waals surface area contributed by atoms with E-state index in [1.165, 1.54) is 12.1 Å². The van der Waals surface area contributed by atoms with E-state index in [4.69, 9.17) is 9.84 Å². The second-order valence-corrected chi connectivity index (χ2v) is 6.32. The lowest BCUT2D eigenvalue weighted by Crippen LogP contribution is -2.42. The highest BCUT2D eigenvalue weighted by Gasteiger charge is 2.30. The normalized spacial score (nSPS) is 10.9. The van der Waals surface area contributed by atoms with Crippen molar-refractivity contribution < 1.29 is 19.4 Å². The zero-order valence-corrected chi connectivity index (χ0v) is 14.3. The van der Waals surface area contributed by atoms with Crippen molar-refractivity contribution in [3.63, 3.8) is 0 Å². The van der Waals surface area contributed by atoms with Gasteiger partial charge in [0, 0.05) is 10.2 Å². The molecule has 0 aliphatic carbocycles. The smallest absolute Gasteiger partial charge is 0.335 e. The first-order valence-electron chi connectivity index (χ1n) is 6.87. The zero-order valence-electron chi connectivity index (χ0n) is 12.7. The van der Waals surface area contributed by atoms with Crippen molar-refractivity contribution in [1.82, 2.24) is 0 Å². The molecule has 23 heavy (non-hydrogen) atoms. The van der Waals surface area contributed by atoms with Crippen molar-refractivity contribution >= 4 is 33.5 Å². The summed E-state index contributed by atoms with van der Waals surface area (Å²) in [6, 6.07) is 13.2. The summed E-state index contributed by atoms with van der Waals surface area (Å²) in [6.07, 6.45) is 0. The van der Waals surface area contributed by atoms with Crippen LogP contribution in [0.1, 0.15) is 24.2 Å². The highest BCUT2D eigenvalue weighted by atomic mass is 79.9. The molecule has 6 heteroatoms. The summed E-state index contributed by atoms with van der Waals surface area (Å²) in [5.74, 6) is -0.859. The molecule has 0 radical (unpaired) electrons. The first kappa shape index (κ1) is 17.0. The molecule has 0 heterocycles. The Kier molecular flexibility index (Phi) is 5.05. The van der Waals surface area contributed by atoms with Gasteiger partial charge < -0.3 is 15.2 Å². The van der Waals surface area contributed by atoms with Crippen LogP contribution in [-0.4, -0.2) is 22.6 Å². The van der Waals surface area contributed by atoms with Crippen molar-refractivity contribution in [2.45, 2.75) is 19.4 Å². The standard InChI is InChI=1S/C17H16BrNO4/c1-17(2,23-14-8-6-12(18)7-9-14)16(22)19-13-5-3-4-11(10-13)15(20)21/h3-10H,1-2H3,(H,19,22)(H,20,21). The molecule has 2 aromatic carbocycles. The number of carboxylic acid groups (broad SMARTS) is 1. The number of carbonyl (C=O) groups excluding carboxylic acids is 1. The lowest BCUT2D eigenvalue weighted by Gasteiger charge is -2.25. The van der Waals surface area contributed by atoms with Gasteiger partial charge in [-0.05, 0) is 56.3 Å². The monoisotopic (exact) mass is 377 g/mol. The molecule has 0 aliphatic heterocycles. The topological polar surface area (TPSA) is 75.6 Å². The van der Waals surface area contributed by atoms with E-state index < -0.39 is 11.6 Å². The Balaban J connectivity index is 2.10. The highest BCUT2D eigenvalue weighted by Crippen LogP contribution is 2.22. The molecule has 0 fully saturated rings. The summed E-state index contributed by atoms with van der Waals surface area (Å²) < 4.78 is 6.63. The SMILES string of the molecule is CC(C)(Oc1ccc(Br)cc1)C(=O)Nc1cccc(C(=O)O)c1. The lowest BCUT2D eigenvalue weighted by molar-refractivity contribution is -0.128. The fourth-order valence-electron chi connectivity index (χ4n) is 1.86.